The van der Waals surface area contributed by atoms with Crippen molar-refractivity contribution in [3.63, 3.8) is 0 Å². The molecule has 0 aliphatic carbocycles. The van der Waals surface area contributed by atoms with Gasteiger partial charge in [0, 0.05) is 12.8 Å². The number of carboxylic acid groups (broad SMARTS) is 1. The zero-order valence-corrected chi connectivity index (χ0v) is 57.1. The van der Waals surface area contributed by atoms with Gasteiger partial charge in [-0.15, -0.1) is 0 Å². The van der Waals surface area contributed by atoms with E-state index in [9.17, 15) is 19.5 Å². The minimum atomic E-state index is -1.63. The van der Waals surface area contributed by atoms with E-state index in [1.54, 1.807) is 0 Å². The number of rotatable bonds is 66. The van der Waals surface area contributed by atoms with Crippen molar-refractivity contribution < 1.29 is 42.9 Å². The fourth-order valence-electron chi connectivity index (χ4n) is 10.0. The minimum Gasteiger partial charge on any atom is -0.545 e. The zero-order valence-electron chi connectivity index (χ0n) is 57.1. The van der Waals surface area contributed by atoms with Crippen LogP contribution in [-0.4, -0.2) is 82.3 Å². The number of esters is 2. The fraction of sp³-hybridized carbons (Fsp3) is 0.731. The lowest BCUT2D eigenvalue weighted by Crippen LogP contribution is -2.44. The first kappa shape index (κ1) is 83.0. The maximum Gasteiger partial charge on any atom is 0.306 e. The van der Waals surface area contributed by atoms with Gasteiger partial charge < -0.3 is 33.3 Å². The largest absolute Gasteiger partial charge is 0.545 e. The average molecular weight is 1210 g/mol. The first-order chi connectivity index (χ1) is 42.6. The van der Waals surface area contributed by atoms with Gasteiger partial charge in [-0.3, -0.25) is 9.59 Å². The van der Waals surface area contributed by atoms with Crippen molar-refractivity contribution in [1.29, 1.82) is 0 Å². The van der Waals surface area contributed by atoms with E-state index >= 15 is 0 Å². The molecule has 500 valence electrons. The van der Waals surface area contributed by atoms with Crippen molar-refractivity contribution >= 4 is 17.9 Å². The van der Waals surface area contributed by atoms with Crippen LogP contribution in [0.15, 0.2) is 109 Å². The summed E-state index contributed by atoms with van der Waals surface area (Å²) in [6, 6.07) is 0. The topological polar surface area (TPSA) is 111 Å². The van der Waals surface area contributed by atoms with E-state index in [1.165, 1.54) is 193 Å². The second-order valence-corrected chi connectivity index (χ2v) is 25.1. The predicted molar refractivity (Wildman–Crippen MR) is 370 cm³/mol. The van der Waals surface area contributed by atoms with E-state index in [0.717, 1.165) is 83.5 Å². The van der Waals surface area contributed by atoms with Gasteiger partial charge >= 0.3 is 11.9 Å². The van der Waals surface area contributed by atoms with Gasteiger partial charge in [0.05, 0.1) is 40.3 Å². The third-order valence-electron chi connectivity index (χ3n) is 15.5. The molecule has 0 bridgehead atoms. The molecule has 0 aliphatic heterocycles. The highest BCUT2D eigenvalue weighted by Crippen LogP contribution is 2.17. The molecular weight excluding hydrogens is 1080 g/mol. The Morgan fingerprint density at radius 1 is 0.356 bits per heavy atom. The Kier molecular flexibility index (Phi) is 64.7. The SMILES string of the molecule is CC/C=C\C/C=C\C/C=C\C/C=C\C/C=C\C/C=C\C/C=C\CCCCCCCCCCCCCCCCCCCCCC(=O)OC(COC(=O)CCCCCCCCCCC/C=C\C/C=C\CCCCCCC)COC(OCC[N+](C)(C)C)C(=O)[O-]. The van der Waals surface area contributed by atoms with Gasteiger partial charge in [0.2, 0.25) is 0 Å². The molecule has 0 amide bonds. The maximum atomic E-state index is 12.9. The molecule has 0 radical (unpaired) electrons. The summed E-state index contributed by atoms with van der Waals surface area (Å²) in [5.74, 6) is -2.28. The van der Waals surface area contributed by atoms with Crippen molar-refractivity contribution in [2.45, 2.75) is 322 Å². The van der Waals surface area contributed by atoms with Gasteiger partial charge in [0.1, 0.15) is 13.2 Å². The summed E-state index contributed by atoms with van der Waals surface area (Å²) in [6.45, 7) is 4.64. The quantitative estimate of drug-likeness (QED) is 0.0195. The van der Waals surface area contributed by atoms with Gasteiger partial charge in [0.25, 0.3) is 0 Å². The minimum absolute atomic E-state index is 0.145. The van der Waals surface area contributed by atoms with Gasteiger partial charge in [0.15, 0.2) is 12.4 Å². The third kappa shape index (κ3) is 69.3. The van der Waals surface area contributed by atoms with E-state index in [-0.39, 0.29) is 38.6 Å². The predicted octanol–water partition coefficient (Wildman–Crippen LogP) is 21.2. The number of nitrogens with zero attached hydrogens (tertiary/aromatic N) is 1. The molecule has 0 saturated heterocycles. The first-order valence-electron chi connectivity index (χ1n) is 36.0. The second kappa shape index (κ2) is 67.9. The van der Waals surface area contributed by atoms with E-state index in [1.807, 2.05) is 21.1 Å². The number of hydrogen-bond donors (Lipinski definition) is 0. The fourth-order valence-corrected chi connectivity index (χ4v) is 10.0. The van der Waals surface area contributed by atoms with E-state index < -0.39 is 24.3 Å². The van der Waals surface area contributed by atoms with Crippen LogP contribution in [-0.2, 0) is 33.3 Å². The monoisotopic (exact) mass is 1210 g/mol. The number of unbranched alkanes of at least 4 members (excludes halogenated alkanes) is 33. The van der Waals surface area contributed by atoms with Crippen LogP contribution < -0.4 is 5.11 Å². The highest BCUT2D eigenvalue weighted by Gasteiger charge is 2.22. The Morgan fingerprint density at radius 3 is 0.977 bits per heavy atom. The van der Waals surface area contributed by atoms with Crippen LogP contribution in [0.25, 0.3) is 0 Å². The molecule has 2 atom stereocenters. The highest BCUT2D eigenvalue weighted by atomic mass is 16.7. The summed E-state index contributed by atoms with van der Waals surface area (Å²) < 4.78 is 22.8. The smallest absolute Gasteiger partial charge is 0.306 e. The number of aliphatic carboxylic acids is 1. The molecule has 0 N–H and O–H groups in total. The summed E-state index contributed by atoms with van der Waals surface area (Å²) >= 11 is 0. The molecule has 87 heavy (non-hydrogen) atoms. The third-order valence-corrected chi connectivity index (χ3v) is 15.5. The van der Waals surface area contributed by atoms with E-state index in [0.29, 0.717) is 17.4 Å². The normalized spacial score (nSPS) is 13.3. The molecule has 0 aliphatic rings. The first-order valence-corrected chi connectivity index (χ1v) is 36.0. The number of ether oxygens (including phenoxy) is 4. The molecule has 0 aromatic rings. The van der Waals surface area contributed by atoms with Crippen LogP contribution >= 0.6 is 0 Å². The van der Waals surface area contributed by atoms with Gasteiger partial charge in [-0.2, -0.15) is 0 Å². The lowest BCUT2D eigenvalue weighted by Gasteiger charge is -2.26. The van der Waals surface area contributed by atoms with Crippen molar-refractivity contribution in [2.24, 2.45) is 0 Å². The van der Waals surface area contributed by atoms with Gasteiger partial charge in [-0.1, -0.05) is 303 Å². The molecule has 0 rings (SSSR count). The van der Waals surface area contributed by atoms with Gasteiger partial charge in [-0.25, -0.2) is 0 Å². The summed E-state index contributed by atoms with van der Waals surface area (Å²) in [6.07, 6.45) is 91.8. The van der Waals surface area contributed by atoms with Crippen LogP contribution in [0.1, 0.15) is 309 Å². The molecular formula is C78H135NO8. The molecule has 0 aromatic heterocycles. The summed E-state index contributed by atoms with van der Waals surface area (Å²) in [5.41, 5.74) is 0. The number of hydrogen-bond acceptors (Lipinski definition) is 8. The number of allylic oxidation sites excluding steroid dienone is 18. The maximum absolute atomic E-state index is 12.9. The molecule has 0 aromatic carbocycles. The van der Waals surface area contributed by atoms with Crippen LogP contribution in [0.5, 0.6) is 0 Å². The Bertz CT molecular complexity index is 1800. The molecule has 0 spiro atoms. The zero-order chi connectivity index (χ0) is 63.3. The number of quaternary nitrogens is 1. The van der Waals surface area contributed by atoms with Crippen molar-refractivity contribution in [3.05, 3.63) is 109 Å². The summed E-state index contributed by atoms with van der Waals surface area (Å²) in [4.78, 5) is 37.5. The Morgan fingerprint density at radius 2 is 0.655 bits per heavy atom. The lowest BCUT2D eigenvalue weighted by molar-refractivity contribution is -0.870. The van der Waals surface area contributed by atoms with Crippen molar-refractivity contribution in [2.75, 3.05) is 47.5 Å². The molecule has 0 fully saturated rings. The van der Waals surface area contributed by atoms with Crippen molar-refractivity contribution in [1.82, 2.24) is 0 Å². The molecule has 9 nitrogen and oxygen atoms in total. The van der Waals surface area contributed by atoms with Crippen molar-refractivity contribution in [3.8, 4) is 0 Å². The van der Waals surface area contributed by atoms with Crippen LogP contribution in [0.3, 0.4) is 0 Å². The molecule has 9 heteroatoms. The van der Waals surface area contributed by atoms with Crippen LogP contribution in [0.2, 0.25) is 0 Å². The van der Waals surface area contributed by atoms with Crippen LogP contribution in [0.4, 0.5) is 0 Å². The molecule has 2 unspecified atom stereocenters. The average Bonchev–Trinajstić information content (AvgIpc) is 3.59. The second-order valence-electron chi connectivity index (χ2n) is 25.1. The Labute approximate surface area is 536 Å². The summed E-state index contributed by atoms with van der Waals surface area (Å²) in [7, 11) is 5.93. The number of carbonyl (C=O) groups excluding carboxylic acids is 3. The van der Waals surface area contributed by atoms with Gasteiger partial charge in [-0.05, 0) is 103 Å². The lowest BCUT2D eigenvalue weighted by atomic mass is 10.0. The standard InChI is InChI=1S/C78H135NO8/c1-6-8-10-12-14-16-18-20-22-24-26-28-29-30-31-32-33-34-35-36-37-38-39-40-41-42-43-44-45-46-47-49-51-53-55-57-59-61-63-65-67-69-76(81)87-74(73-86-78(77(82)83)84-71-70-79(3,4)5)72-85-75(80)68-66-64-62-60-58-56-54-52-50-48-27-25-23-21-19-17-15-13-11-9-7-2/h8,10,14,16,19-22,25-28,30-31,33-34,36-37,74,78H,6-7,9,11-13,15,17-18,23-24,29,32,35,38-73H2,1-5H3/b10-8-,16-14-,21-19-,22-20-,27-25-,28-26-,31-30-,34-33-,37-36-. The number of carboxylic acids is 1. The Hall–Kier alpha value is -4.05. The Balaban J connectivity index is 4.03. The molecule has 0 heterocycles. The molecule has 0 saturated carbocycles. The van der Waals surface area contributed by atoms with Crippen LogP contribution in [0, 0.1) is 0 Å². The van der Waals surface area contributed by atoms with E-state index in [4.69, 9.17) is 18.9 Å². The number of carbonyl (C=O) groups is 3. The van der Waals surface area contributed by atoms with E-state index in [2.05, 4.69) is 123 Å². The summed E-state index contributed by atoms with van der Waals surface area (Å²) in [5, 5.41) is 11.8. The highest BCUT2D eigenvalue weighted by molar-refractivity contribution is 5.70. The number of likely N-dealkylation sites (N-methyl/N-ethyl adjacent to an activating group) is 1.